The summed E-state index contributed by atoms with van der Waals surface area (Å²) in [6.45, 7) is 6.72. The lowest BCUT2D eigenvalue weighted by molar-refractivity contribution is -0.120. The molecule has 2 aromatic carbocycles. The van der Waals surface area contributed by atoms with Crippen molar-refractivity contribution in [2.45, 2.75) is 62.0 Å². The Kier molecular flexibility index (Phi) is 8.80. The van der Waals surface area contributed by atoms with Crippen molar-refractivity contribution >= 4 is 39.6 Å². The predicted octanol–water partition coefficient (Wildman–Crippen LogP) is 3.11. The van der Waals surface area contributed by atoms with Gasteiger partial charge in [-0.05, 0) is 87.5 Å². The van der Waals surface area contributed by atoms with Gasteiger partial charge in [-0.3, -0.25) is 24.6 Å². The average Bonchev–Trinajstić information content (AvgIpc) is 3.33. The van der Waals surface area contributed by atoms with Crippen LogP contribution in [0.25, 0.3) is 10.9 Å². The maximum absolute atomic E-state index is 13.1. The molecule has 3 aromatic rings. The number of amides is 3. The van der Waals surface area contributed by atoms with Crippen LogP contribution in [0.5, 0.6) is 5.75 Å². The minimum absolute atomic E-state index is 0.000263. The van der Waals surface area contributed by atoms with Crippen LogP contribution in [0.1, 0.15) is 50.5 Å². The molecule has 0 saturated carbocycles. The Morgan fingerprint density at radius 1 is 1.05 bits per heavy atom. The lowest BCUT2D eigenvalue weighted by atomic mass is 9.89. The fourth-order valence-corrected chi connectivity index (χ4v) is 7.66. The Labute approximate surface area is 254 Å². The van der Waals surface area contributed by atoms with Gasteiger partial charge >= 0.3 is 6.03 Å². The maximum atomic E-state index is 13.1. The van der Waals surface area contributed by atoms with Crippen molar-refractivity contribution in [1.82, 2.24) is 24.3 Å². The summed E-state index contributed by atoms with van der Waals surface area (Å²) < 4.78 is 23.2. The van der Waals surface area contributed by atoms with Crippen molar-refractivity contribution in [2.24, 2.45) is 12.8 Å². The van der Waals surface area contributed by atoms with Gasteiger partial charge in [0.2, 0.25) is 5.91 Å². The second kappa shape index (κ2) is 12.7. The number of aryl methyl sites for hydroxylation is 1. The maximum Gasteiger partial charge on any atom is 0.329 e. The zero-order valence-corrected chi connectivity index (χ0v) is 25.7. The van der Waals surface area contributed by atoms with E-state index in [1.165, 1.54) is 5.56 Å². The molecule has 0 radical (unpaired) electrons. The number of carbonyl (C=O) groups is 2. The van der Waals surface area contributed by atoms with Gasteiger partial charge in [-0.25, -0.2) is 13.3 Å². The predicted molar refractivity (Wildman–Crippen MR) is 166 cm³/mol. The summed E-state index contributed by atoms with van der Waals surface area (Å²) in [6.07, 6.45) is 4.11. The molecule has 3 N–H and O–H groups in total. The van der Waals surface area contributed by atoms with Crippen molar-refractivity contribution in [3.63, 3.8) is 0 Å². The zero-order valence-electron chi connectivity index (χ0n) is 24.9. The van der Waals surface area contributed by atoms with Crippen LogP contribution in [0.15, 0.2) is 47.4 Å². The lowest BCUT2D eigenvalue weighted by Crippen LogP contribution is -2.49. The third-order valence-electron chi connectivity index (χ3n) is 8.82. The zero-order chi connectivity index (χ0) is 30.1. The third kappa shape index (κ3) is 6.62. The van der Waals surface area contributed by atoms with Gasteiger partial charge in [-0.15, -0.1) is 0 Å². The number of hydrogen-bond acceptors (Lipinski definition) is 7. The number of fused-ring (bicyclic) bond motifs is 1. The van der Waals surface area contributed by atoms with E-state index in [2.05, 4.69) is 40.4 Å². The molecule has 230 valence electrons. The van der Waals surface area contributed by atoms with Crippen molar-refractivity contribution in [2.75, 3.05) is 44.2 Å². The minimum Gasteiger partial charge on any atom is -0.489 e. The van der Waals surface area contributed by atoms with Gasteiger partial charge in [-0.1, -0.05) is 12.1 Å². The van der Waals surface area contributed by atoms with E-state index in [4.69, 9.17) is 10.5 Å². The van der Waals surface area contributed by atoms with Gasteiger partial charge in [0.05, 0.1) is 10.4 Å². The molecule has 2 atom stereocenters. The van der Waals surface area contributed by atoms with E-state index in [9.17, 15) is 13.8 Å². The first-order chi connectivity index (χ1) is 20.7. The van der Waals surface area contributed by atoms with Crippen LogP contribution in [0.3, 0.4) is 0 Å². The number of urea groups is 1. The molecular weight excluding hydrogens is 566 g/mol. The van der Waals surface area contributed by atoms with Crippen LogP contribution in [0.2, 0.25) is 0 Å². The summed E-state index contributed by atoms with van der Waals surface area (Å²) in [7, 11) is 0.690. The molecule has 3 amide bonds. The molecule has 1 aromatic heterocycles. The number of nitrogens with zero attached hydrogens (tertiary/aromatic N) is 5. The SMILES string of the molecule is CC(CN1CCC(c2ccc3c(N4CCC(=O)NC4=O)nn(C)c3c2)CC1)Oc1cccc(S(=O)N2CCC(N)CC2)c1. The highest BCUT2D eigenvalue weighted by molar-refractivity contribution is 7.82. The Bertz CT molecular complexity index is 1510. The standard InChI is InChI=1S/C31H41N7O4S/c1-21(42-25-4-3-5-26(19-25)43(41)37-15-10-24(32)11-16-37)20-36-13-8-22(9-14-36)23-6-7-27-28(18-23)35(2)34-30(27)38-17-12-29(39)33-31(38)40/h3-7,18-19,21-22,24H,8-17,20,32H2,1-2H3,(H,33,39,40). The van der Waals surface area contributed by atoms with E-state index in [1.807, 2.05) is 40.3 Å². The summed E-state index contributed by atoms with van der Waals surface area (Å²) in [5.74, 6) is 1.53. The molecule has 3 aliphatic rings. The van der Waals surface area contributed by atoms with Crippen LogP contribution in [-0.2, 0) is 22.8 Å². The Morgan fingerprint density at radius 3 is 2.56 bits per heavy atom. The number of likely N-dealkylation sites (tertiary alicyclic amines) is 1. The minimum atomic E-state index is -1.20. The molecule has 11 nitrogen and oxygen atoms in total. The third-order valence-corrected chi connectivity index (χ3v) is 10.3. The quantitative estimate of drug-likeness (QED) is 0.403. The highest BCUT2D eigenvalue weighted by atomic mass is 32.2. The smallest absolute Gasteiger partial charge is 0.329 e. The van der Waals surface area contributed by atoms with E-state index in [1.54, 1.807) is 4.90 Å². The molecule has 0 bridgehead atoms. The molecule has 3 fully saturated rings. The second-order valence-corrected chi connectivity index (χ2v) is 13.5. The molecule has 4 heterocycles. The van der Waals surface area contributed by atoms with Crippen molar-refractivity contribution in [1.29, 1.82) is 0 Å². The average molecular weight is 608 g/mol. The molecular formula is C31H41N7O4S. The highest BCUT2D eigenvalue weighted by Crippen LogP contribution is 2.34. The first-order valence-corrected chi connectivity index (χ1v) is 16.4. The monoisotopic (exact) mass is 607 g/mol. The number of aromatic nitrogens is 2. The summed E-state index contributed by atoms with van der Waals surface area (Å²) in [4.78, 5) is 28.8. The topological polar surface area (TPSA) is 126 Å². The Balaban J connectivity index is 1.03. The number of imide groups is 1. The molecule has 6 rings (SSSR count). The number of benzene rings is 2. The number of hydrogen-bond donors (Lipinski definition) is 2. The van der Waals surface area contributed by atoms with Crippen molar-refractivity contribution in [3.05, 3.63) is 48.0 Å². The summed E-state index contributed by atoms with van der Waals surface area (Å²) in [5.41, 5.74) is 8.27. The number of anilines is 1. The number of nitrogens with one attached hydrogen (secondary N) is 1. The van der Waals surface area contributed by atoms with Crippen LogP contribution < -0.4 is 20.7 Å². The summed E-state index contributed by atoms with van der Waals surface area (Å²) >= 11 is 0. The molecule has 0 aliphatic carbocycles. The number of ether oxygens (including phenoxy) is 1. The molecule has 2 unspecified atom stereocenters. The van der Waals surface area contributed by atoms with Gasteiger partial charge in [0.25, 0.3) is 0 Å². The number of piperidine rings is 2. The molecule has 3 saturated heterocycles. The van der Waals surface area contributed by atoms with E-state index in [0.29, 0.717) is 18.3 Å². The van der Waals surface area contributed by atoms with Crippen molar-refractivity contribution < 1.29 is 18.5 Å². The number of nitrogens with two attached hydrogens (primary N) is 1. The number of carbonyl (C=O) groups excluding carboxylic acids is 2. The van der Waals surface area contributed by atoms with Gasteiger partial charge < -0.3 is 10.5 Å². The van der Waals surface area contributed by atoms with E-state index in [-0.39, 0.29) is 24.5 Å². The van der Waals surface area contributed by atoms with Gasteiger partial charge in [0, 0.05) is 51.1 Å². The molecule has 3 aliphatic heterocycles. The van der Waals surface area contributed by atoms with Gasteiger partial charge in [0.15, 0.2) is 5.82 Å². The lowest BCUT2D eigenvalue weighted by Gasteiger charge is -2.34. The molecule has 12 heteroatoms. The molecule has 43 heavy (non-hydrogen) atoms. The fourth-order valence-electron chi connectivity index (χ4n) is 6.40. The van der Waals surface area contributed by atoms with Crippen molar-refractivity contribution in [3.8, 4) is 5.75 Å². The first kappa shape index (κ1) is 29.7. The van der Waals surface area contributed by atoms with Gasteiger partial charge in [0.1, 0.15) is 22.8 Å². The number of rotatable bonds is 8. The Morgan fingerprint density at radius 2 is 1.81 bits per heavy atom. The van der Waals surface area contributed by atoms with Crippen LogP contribution in [-0.4, -0.2) is 86.5 Å². The second-order valence-electron chi connectivity index (χ2n) is 12.0. The van der Waals surface area contributed by atoms with Crippen LogP contribution in [0.4, 0.5) is 10.6 Å². The summed E-state index contributed by atoms with van der Waals surface area (Å²) in [6, 6.07) is 13.9. The van der Waals surface area contributed by atoms with Crippen LogP contribution in [0, 0.1) is 0 Å². The largest absolute Gasteiger partial charge is 0.489 e. The highest BCUT2D eigenvalue weighted by Gasteiger charge is 2.29. The van der Waals surface area contributed by atoms with E-state index in [0.717, 1.165) is 80.0 Å². The summed E-state index contributed by atoms with van der Waals surface area (Å²) in [5, 5.41) is 7.91. The van der Waals surface area contributed by atoms with E-state index < -0.39 is 17.0 Å². The van der Waals surface area contributed by atoms with Gasteiger partial charge in [-0.2, -0.15) is 5.10 Å². The van der Waals surface area contributed by atoms with E-state index >= 15 is 0 Å². The Hall–Kier alpha value is -3.32. The first-order valence-electron chi connectivity index (χ1n) is 15.2. The fraction of sp³-hybridized carbons (Fsp3) is 0.516. The molecule has 0 spiro atoms. The van der Waals surface area contributed by atoms with Crippen LogP contribution >= 0.6 is 0 Å². The normalized spacial score (nSPS) is 21.2.